The van der Waals surface area contributed by atoms with E-state index in [1.807, 2.05) is 206 Å². The highest BCUT2D eigenvalue weighted by atomic mass is 32.3. The first-order chi connectivity index (χ1) is 28.1. The molecule has 0 radical (unpaired) electrons. The van der Waals surface area contributed by atoms with Crippen molar-refractivity contribution < 1.29 is 27.9 Å². The van der Waals surface area contributed by atoms with E-state index in [-0.39, 0.29) is 22.8 Å². The lowest BCUT2D eigenvalue weighted by molar-refractivity contribution is 0.0757. The van der Waals surface area contributed by atoms with Crippen molar-refractivity contribution in [1.82, 2.24) is 0 Å². The Kier molecular flexibility index (Phi) is 11.0. The van der Waals surface area contributed by atoms with Crippen LogP contribution in [0, 0.1) is 0 Å². The van der Waals surface area contributed by atoms with Crippen LogP contribution < -0.4 is 18.9 Å². The second-order valence-corrected chi connectivity index (χ2v) is 15.5. The molecule has 0 atom stereocenters. The average molecular weight is 767 g/mol. The van der Waals surface area contributed by atoms with Gasteiger partial charge in [0.25, 0.3) is 0 Å². The van der Waals surface area contributed by atoms with Crippen LogP contribution in [-0.4, -0.2) is 13.1 Å². The van der Waals surface area contributed by atoms with Crippen LogP contribution in [0.3, 0.4) is 0 Å². The Hall–Kier alpha value is -7.22. The molecule has 280 valence electrons. The summed E-state index contributed by atoms with van der Waals surface area (Å²) in [6.45, 7) is 0. The van der Waals surface area contributed by atoms with E-state index >= 15 is 4.79 Å². The van der Waals surface area contributed by atoms with E-state index in [4.69, 9.17) is 23.1 Å². The maximum Gasteiger partial charge on any atom is 0.350 e. The lowest BCUT2D eigenvalue weighted by Gasteiger charge is -2.40. The van der Waals surface area contributed by atoms with Gasteiger partial charge in [0.2, 0.25) is 5.75 Å². The number of rotatable bonds is 13. The van der Waals surface area contributed by atoms with E-state index < -0.39 is 16.3 Å². The molecule has 0 aromatic heterocycles. The van der Waals surface area contributed by atoms with Crippen molar-refractivity contribution in [2.24, 2.45) is 0 Å². The van der Waals surface area contributed by atoms with E-state index in [0.29, 0.717) is 34.1 Å². The SMILES string of the molecule is COc1ccc(S(OC(=O)c2cc(Oc3ccccc3)c(Oc3ccccc3)c(Oc3ccccc3)c2-c2ccccc2)(c2ccccc2)c2ccccc2)cc1. The first kappa shape index (κ1) is 36.7. The third kappa shape index (κ3) is 7.96. The molecule has 8 aromatic carbocycles. The zero-order valence-corrected chi connectivity index (χ0v) is 31.9. The highest BCUT2D eigenvalue weighted by molar-refractivity contribution is 8.30. The number of ether oxygens (including phenoxy) is 4. The number of carbonyl (C=O) groups is 1. The van der Waals surface area contributed by atoms with Crippen molar-refractivity contribution in [1.29, 1.82) is 0 Å². The molecule has 0 unspecified atom stereocenters. The van der Waals surface area contributed by atoms with Gasteiger partial charge >= 0.3 is 5.97 Å². The van der Waals surface area contributed by atoms with Gasteiger partial charge < -0.3 is 23.1 Å². The molecule has 0 fully saturated rings. The highest BCUT2D eigenvalue weighted by Gasteiger charge is 2.38. The Labute approximate surface area is 334 Å². The largest absolute Gasteiger partial charge is 0.497 e. The second kappa shape index (κ2) is 17.1. The van der Waals surface area contributed by atoms with E-state index in [2.05, 4.69) is 0 Å². The molecule has 0 spiro atoms. The summed E-state index contributed by atoms with van der Waals surface area (Å²) < 4.78 is 32.8. The highest BCUT2D eigenvalue weighted by Crippen LogP contribution is 2.69. The lowest BCUT2D eigenvalue weighted by Crippen LogP contribution is -2.15. The van der Waals surface area contributed by atoms with E-state index in [1.54, 1.807) is 13.2 Å². The summed E-state index contributed by atoms with van der Waals surface area (Å²) >= 11 is 0. The molecule has 8 rings (SSSR count). The summed E-state index contributed by atoms with van der Waals surface area (Å²) in [4.78, 5) is 18.1. The van der Waals surface area contributed by atoms with Gasteiger partial charge in [-0.25, -0.2) is 4.79 Å². The molecule has 0 aliphatic carbocycles. The van der Waals surface area contributed by atoms with Crippen molar-refractivity contribution in [3.05, 3.63) is 218 Å². The van der Waals surface area contributed by atoms with E-state index in [9.17, 15) is 0 Å². The van der Waals surface area contributed by atoms with Crippen LogP contribution in [0.5, 0.6) is 40.2 Å². The normalized spacial score (nSPS) is 11.2. The zero-order chi connectivity index (χ0) is 38.9. The molecule has 7 heteroatoms. The monoisotopic (exact) mass is 766 g/mol. The average Bonchev–Trinajstić information content (AvgIpc) is 3.28. The Morgan fingerprint density at radius 3 is 1.30 bits per heavy atom. The van der Waals surface area contributed by atoms with Crippen LogP contribution in [0.25, 0.3) is 11.1 Å². The molecule has 0 heterocycles. The standard InChI is InChI=1S/C50H38O6S/c1-52-38-32-34-44(35-33-38)57(42-28-16-6-17-29-42,43-30-18-7-19-31-43)56-50(51)45-36-46(53-39-22-10-3-11-23-39)48(54-40-24-12-4-13-25-40)49(55-41-26-14-5-15-27-41)47(45)37-20-8-2-9-21-37/h2-36H,1H3. The van der Waals surface area contributed by atoms with Crippen LogP contribution in [0.4, 0.5) is 0 Å². The Balaban J connectivity index is 1.41. The zero-order valence-electron chi connectivity index (χ0n) is 31.1. The molecule has 57 heavy (non-hydrogen) atoms. The minimum atomic E-state index is -2.72. The number of hydrogen-bond donors (Lipinski definition) is 0. The first-order valence-corrected chi connectivity index (χ1v) is 19.9. The topological polar surface area (TPSA) is 63.2 Å². The molecule has 0 saturated carbocycles. The van der Waals surface area contributed by atoms with Gasteiger partial charge in [-0.2, -0.15) is 0 Å². The summed E-state index contributed by atoms with van der Waals surface area (Å²) in [6, 6.07) is 67.0. The summed E-state index contributed by atoms with van der Waals surface area (Å²) in [5, 5.41) is 0. The van der Waals surface area contributed by atoms with Crippen LogP contribution in [0.1, 0.15) is 10.4 Å². The van der Waals surface area contributed by atoms with Gasteiger partial charge in [0.05, 0.1) is 12.7 Å². The minimum Gasteiger partial charge on any atom is -0.497 e. The third-order valence-corrected chi connectivity index (χ3v) is 12.3. The molecule has 0 amide bonds. The Morgan fingerprint density at radius 1 is 0.421 bits per heavy atom. The molecule has 0 aliphatic rings. The molecular weight excluding hydrogens is 729 g/mol. The predicted octanol–water partition coefficient (Wildman–Crippen LogP) is 13.8. The fourth-order valence-corrected chi connectivity index (χ4v) is 9.49. The van der Waals surface area contributed by atoms with Gasteiger partial charge in [0.1, 0.15) is 23.0 Å². The maximum absolute atomic E-state index is 15.6. The van der Waals surface area contributed by atoms with Gasteiger partial charge in [0.15, 0.2) is 11.5 Å². The molecule has 8 aromatic rings. The van der Waals surface area contributed by atoms with E-state index in [0.717, 1.165) is 14.7 Å². The van der Waals surface area contributed by atoms with Gasteiger partial charge in [-0.05, 0) is 101 Å². The van der Waals surface area contributed by atoms with Crippen LogP contribution >= 0.6 is 10.3 Å². The number of para-hydroxylation sites is 3. The number of methoxy groups -OCH3 is 1. The van der Waals surface area contributed by atoms with Crippen molar-refractivity contribution in [2.75, 3.05) is 7.11 Å². The first-order valence-electron chi connectivity index (χ1n) is 18.4. The predicted molar refractivity (Wildman–Crippen MR) is 225 cm³/mol. The molecule has 0 aliphatic heterocycles. The van der Waals surface area contributed by atoms with Crippen LogP contribution in [0.2, 0.25) is 0 Å². The Bertz CT molecular complexity index is 2500. The molecule has 0 N–H and O–H groups in total. The van der Waals surface area contributed by atoms with Gasteiger partial charge in [-0.1, -0.05) is 121 Å². The van der Waals surface area contributed by atoms with Crippen molar-refractivity contribution in [3.63, 3.8) is 0 Å². The number of hydrogen-bond acceptors (Lipinski definition) is 6. The van der Waals surface area contributed by atoms with E-state index in [1.165, 1.54) is 0 Å². The van der Waals surface area contributed by atoms with Crippen LogP contribution in [0.15, 0.2) is 227 Å². The van der Waals surface area contributed by atoms with Gasteiger partial charge in [-0.3, -0.25) is 0 Å². The second-order valence-electron chi connectivity index (χ2n) is 12.8. The lowest BCUT2D eigenvalue weighted by atomic mass is 9.97. The Morgan fingerprint density at radius 2 is 0.825 bits per heavy atom. The van der Waals surface area contributed by atoms with Crippen molar-refractivity contribution in [2.45, 2.75) is 14.7 Å². The summed E-state index contributed by atoms with van der Waals surface area (Å²) in [7, 11) is -1.10. The number of benzene rings is 8. The maximum atomic E-state index is 15.6. The van der Waals surface area contributed by atoms with Gasteiger partial charge in [-0.15, -0.1) is 0 Å². The molecule has 0 bridgehead atoms. The quantitative estimate of drug-likeness (QED) is 0.116. The third-order valence-electron chi connectivity index (χ3n) is 9.12. The summed E-state index contributed by atoms with van der Waals surface area (Å²) in [5.41, 5.74) is 1.40. The van der Waals surface area contributed by atoms with Crippen molar-refractivity contribution in [3.8, 4) is 51.4 Å². The molecule has 0 saturated heterocycles. The smallest absolute Gasteiger partial charge is 0.350 e. The summed E-state index contributed by atoms with van der Waals surface area (Å²) in [5.74, 6) is 2.55. The number of carbonyl (C=O) groups excluding carboxylic acids is 1. The molecular formula is C50H38O6S. The van der Waals surface area contributed by atoms with Gasteiger partial charge in [0, 0.05) is 26.3 Å². The molecule has 6 nitrogen and oxygen atoms in total. The minimum absolute atomic E-state index is 0.218. The summed E-state index contributed by atoms with van der Waals surface area (Å²) in [6.07, 6.45) is 0. The van der Waals surface area contributed by atoms with Crippen molar-refractivity contribution >= 4 is 16.3 Å². The van der Waals surface area contributed by atoms with Crippen LogP contribution in [-0.2, 0) is 4.18 Å². The fraction of sp³-hybridized carbons (Fsp3) is 0.0200. The fourth-order valence-electron chi connectivity index (χ4n) is 6.47.